The summed E-state index contributed by atoms with van der Waals surface area (Å²) in [6.45, 7) is 2.34. The minimum absolute atomic E-state index is 0.0420. The summed E-state index contributed by atoms with van der Waals surface area (Å²) in [5.74, 6) is -0.865. The molecule has 1 aliphatic heterocycles. The molecule has 0 aromatic rings. The molecule has 0 radical (unpaired) electrons. The molecule has 3 N–H and O–H groups in total. The molecule has 116 valence electrons. The number of amides is 2. The van der Waals surface area contributed by atoms with Crippen LogP contribution >= 0.6 is 0 Å². The molecule has 1 aliphatic rings. The van der Waals surface area contributed by atoms with E-state index in [9.17, 15) is 19.2 Å². The van der Waals surface area contributed by atoms with Crippen LogP contribution in [0.15, 0.2) is 12.2 Å². The van der Waals surface area contributed by atoms with Gasteiger partial charge in [-0.25, -0.2) is 0 Å². The van der Waals surface area contributed by atoms with Gasteiger partial charge in [0.2, 0.25) is 0 Å². The molecule has 2 amide bonds. The molecule has 7 heteroatoms. The third-order valence-electron chi connectivity index (χ3n) is 3.23. The van der Waals surface area contributed by atoms with Gasteiger partial charge in [-0.3, -0.25) is 24.1 Å². The molecule has 0 bridgehead atoms. The van der Waals surface area contributed by atoms with E-state index in [0.717, 1.165) is 4.90 Å². The van der Waals surface area contributed by atoms with Crippen molar-refractivity contribution in [2.75, 3.05) is 19.6 Å². The second-order valence-electron chi connectivity index (χ2n) is 4.99. The molecule has 21 heavy (non-hydrogen) atoms. The van der Waals surface area contributed by atoms with Gasteiger partial charge >= 0.3 is 0 Å². The third-order valence-corrected chi connectivity index (χ3v) is 3.23. The maximum Gasteiger partial charge on any atom is 0.253 e. The zero-order chi connectivity index (χ0) is 15.8. The van der Waals surface area contributed by atoms with Crippen LogP contribution in [0.5, 0.6) is 0 Å². The van der Waals surface area contributed by atoms with Crippen LogP contribution in [0, 0.1) is 0 Å². The smallest absolute Gasteiger partial charge is 0.253 e. The lowest BCUT2D eigenvalue weighted by molar-refractivity contribution is -0.137. The van der Waals surface area contributed by atoms with Crippen LogP contribution in [-0.4, -0.2) is 54.0 Å². The van der Waals surface area contributed by atoms with E-state index >= 15 is 0 Å². The van der Waals surface area contributed by atoms with Crippen LogP contribution in [-0.2, 0) is 19.2 Å². The molecule has 0 unspecified atom stereocenters. The lowest BCUT2D eigenvalue weighted by atomic mass is 10.1. The molecule has 0 saturated carbocycles. The van der Waals surface area contributed by atoms with Crippen molar-refractivity contribution in [3.05, 3.63) is 12.2 Å². The molecule has 1 rings (SSSR count). The minimum atomic E-state index is -0.442. The molecule has 0 spiro atoms. The van der Waals surface area contributed by atoms with Crippen molar-refractivity contribution in [3.8, 4) is 0 Å². The van der Waals surface area contributed by atoms with E-state index < -0.39 is 6.04 Å². The lowest BCUT2D eigenvalue weighted by Gasteiger charge is -2.13. The van der Waals surface area contributed by atoms with Gasteiger partial charge in [0.1, 0.15) is 11.6 Å². The van der Waals surface area contributed by atoms with Gasteiger partial charge in [0, 0.05) is 25.1 Å². The summed E-state index contributed by atoms with van der Waals surface area (Å²) >= 11 is 0. The van der Waals surface area contributed by atoms with Gasteiger partial charge in [0.15, 0.2) is 0 Å². The van der Waals surface area contributed by atoms with E-state index in [1.165, 1.54) is 19.1 Å². The monoisotopic (exact) mass is 295 g/mol. The van der Waals surface area contributed by atoms with E-state index in [1.807, 2.05) is 0 Å². The Hall–Kier alpha value is -1.86. The zero-order valence-electron chi connectivity index (χ0n) is 12.1. The molecular formula is C14H21N3O4. The van der Waals surface area contributed by atoms with Crippen molar-refractivity contribution in [2.24, 2.45) is 5.73 Å². The van der Waals surface area contributed by atoms with Gasteiger partial charge in [-0.2, -0.15) is 0 Å². The molecule has 7 nitrogen and oxygen atoms in total. The Morgan fingerprint density at radius 1 is 1.29 bits per heavy atom. The summed E-state index contributed by atoms with van der Waals surface area (Å²) in [6.07, 6.45) is 3.83. The number of ketones is 2. The first-order valence-corrected chi connectivity index (χ1v) is 6.94. The predicted octanol–water partition coefficient (Wildman–Crippen LogP) is -0.843. The van der Waals surface area contributed by atoms with Crippen LogP contribution in [0.1, 0.15) is 26.2 Å². The number of imide groups is 1. The average Bonchev–Trinajstić information content (AvgIpc) is 2.75. The first-order valence-electron chi connectivity index (χ1n) is 6.94. The van der Waals surface area contributed by atoms with Crippen LogP contribution in [0.4, 0.5) is 0 Å². The first kappa shape index (κ1) is 17.2. The Bertz CT molecular complexity index is 441. The van der Waals surface area contributed by atoms with Crippen molar-refractivity contribution in [2.45, 2.75) is 32.2 Å². The average molecular weight is 295 g/mol. The van der Waals surface area contributed by atoms with E-state index in [2.05, 4.69) is 5.32 Å². The number of nitrogens with one attached hydrogen (secondary N) is 1. The van der Waals surface area contributed by atoms with Gasteiger partial charge in [0.25, 0.3) is 11.8 Å². The highest BCUT2D eigenvalue weighted by Crippen LogP contribution is 2.04. The minimum Gasteiger partial charge on any atom is -0.322 e. The molecule has 0 fully saturated rings. The fourth-order valence-corrected chi connectivity index (χ4v) is 1.85. The normalized spacial score (nSPS) is 15.6. The predicted molar refractivity (Wildman–Crippen MR) is 76.2 cm³/mol. The topological polar surface area (TPSA) is 110 Å². The highest BCUT2D eigenvalue weighted by atomic mass is 16.2. The van der Waals surface area contributed by atoms with Gasteiger partial charge in [-0.1, -0.05) is 0 Å². The largest absolute Gasteiger partial charge is 0.322 e. The molecular weight excluding hydrogens is 274 g/mol. The highest BCUT2D eigenvalue weighted by Gasteiger charge is 2.23. The standard InChI is InChI=1S/C14H21N3O4/c1-10(18)12(15)3-2-7-16-9-11(19)6-8-17-13(20)4-5-14(17)21/h4-5,12,16H,2-3,6-9,15H2,1H3/t12-/m0/s1. The van der Waals surface area contributed by atoms with E-state index in [4.69, 9.17) is 5.73 Å². The Kier molecular flexibility index (Phi) is 6.90. The molecule has 0 aromatic heterocycles. The second-order valence-corrected chi connectivity index (χ2v) is 4.99. The number of carbonyl (C=O) groups is 4. The summed E-state index contributed by atoms with van der Waals surface area (Å²) in [4.78, 5) is 46.1. The summed E-state index contributed by atoms with van der Waals surface area (Å²) in [6, 6.07) is -0.442. The fraction of sp³-hybridized carbons (Fsp3) is 0.571. The molecule has 0 aliphatic carbocycles. The number of rotatable bonds is 10. The summed E-state index contributed by atoms with van der Waals surface area (Å²) < 4.78 is 0. The molecule has 0 aromatic carbocycles. The van der Waals surface area contributed by atoms with Crippen LogP contribution in [0.3, 0.4) is 0 Å². The summed E-state index contributed by atoms with van der Waals surface area (Å²) in [7, 11) is 0. The molecule has 1 heterocycles. The fourth-order valence-electron chi connectivity index (χ4n) is 1.85. The molecule has 1 atom stereocenters. The summed E-state index contributed by atoms with van der Waals surface area (Å²) in [5, 5.41) is 2.96. The maximum absolute atomic E-state index is 11.6. The van der Waals surface area contributed by atoms with Gasteiger partial charge < -0.3 is 11.1 Å². The lowest BCUT2D eigenvalue weighted by Crippen LogP contribution is -2.34. The number of Topliss-reactive ketones (excluding diaryl/α,β-unsaturated/α-hetero) is 2. The number of carbonyl (C=O) groups excluding carboxylic acids is 4. The number of hydrogen-bond acceptors (Lipinski definition) is 6. The van der Waals surface area contributed by atoms with E-state index in [0.29, 0.717) is 19.4 Å². The van der Waals surface area contributed by atoms with Crippen LogP contribution in [0.25, 0.3) is 0 Å². The Morgan fingerprint density at radius 3 is 2.48 bits per heavy atom. The van der Waals surface area contributed by atoms with Crippen molar-refractivity contribution in [1.82, 2.24) is 10.2 Å². The van der Waals surface area contributed by atoms with E-state index in [1.54, 1.807) is 0 Å². The maximum atomic E-state index is 11.6. The van der Waals surface area contributed by atoms with Crippen LogP contribution < -0.4 is 11.1 Å². The van der Waals surface area contributed by atoms with Crippen molar-refractivity contribution in [1.29, 1.82) is 0 Å². The zero-order valence-corrected chi connectivity index (χ0v) is 12.1. The van der Waals surface area contributed by atoms with Crippen LogP contribution in [0.2, 0.25) is 0 Å². The Labute approximate surface area is 123 Å². The SMILES string of the molecule is CC(=O)[C@@H](N)CCCNCC(=O)CCN1C(=O)C=CC1=O. The second kappa shape index (κ2) is 8.43. The third kappa shape index (κ3) is 5.97. The van der Waals surface area contributed by atoms with Crippen molar-refractivity contribution < 1.29 is 19.2 Å². The highest BCUT2D eigenvalue weighted by molar-refractivity contribution is 6.13. The Morgan fingerprint density at radius 2 is 1.90 bits per heavy atom. The van der Waals surface area contributed by atoms with Crippen molar-refractivity contribution >= 4 is 23.4 Å². The van der Waals surface area contributed by atoms with E-state index in [-0.39, 0.29) is 42.9 Å². The van der Waals surface area contributed by atoms with Crippen molar-refractivity contribution in [3.63, 3.8) is 0 Å². The van der Waals surface area contributed by atoms with Gasteiger partial charge in [-0.15, -0.1) is 0 Å². The van der Waals surface area contributed by atoms with Gasteiger partial charge in [0.05, 0.1) is 12.6 Å². The number of nitrogens with zero attached hydrogens (tertiary/aromatic N) is 1. The first-order chi connectivity index (χ1) is 9.91. The summed E-state index contributed by atoms with van der Waals surface area (Å²) in [5.41, 5.74) is 5.58. The molecule has 0 saturated heterocycles. The number of hydrogen-bond donors (Lipinski definition) is 2. The quantitative estimate of drug-likeness (QED) is 0.401. The van der Waals surface area contributed by atoms with Gasteiger partial charge in [-0.05, 0) is 26.3 Å². The number of nitrogens with two attached hydrogens (primary N) is 1. The Balaban J connectivity index is 2.08.